The predicted octanol–water partition coefficient (Wildman–Crippen LogP) is 4.38. The van der Waals surface area contributed by atoms with Gasteiger partial charge in [0.1, 0.15) is 11.9 Å². The summed E-state index contributed by atoms with van der Waals surface area (Å²) in [6.45, 7) is 4.12. The summed E-state index contributed by atoms with van der Waals surface area (Å²) in [6.07, 6.45) is 10.7. The second kappa shape index (κ2) is 9.54. The minimum Gasteiger partial charge on any atom is -0.378 e. The lowest BCUT2D eigenvalue weighted by molar-refractivity contribution is 0.0547. The van der Waals surface area contributed by atoms with Gasteiger partial charge in [0.05, 0.1) is 18.8 Å². The number of fused-ring (bicyclic) bond motifs is 1. The number of benzene rings is 1. The molecule has 32 heavy (non-hydrogen) atoms. The molecule has 0 spiro atoms. The van der Waals surface area contributed by atoms with E-state index in [4.69, 9.17) is 4.74 Å². The summed E-state index contributed by atoms with van der Waals surface area (Å²) >= 11 is 0. The molecule has 0 saturated carbocycles. The van der Waals surface area contributed by atoms with Crippen LogP contribution in [0.5, 0.6) is 0 Å². The lowest BCUT2D eigenvalue weighted by atomic mass is 10.1. The molecule has 0 N–H and O–H groups in total. The third kappa shape index (κ3) is 4.26. The van der Waals surface area contributed by atoms with Gasteiger partial charge in [-0.25, -0.2) is 0 Å². The first-order valence-corrected chi connectivity index (χ1v) is 11.7. The first kappa shape index (κ1) is 20.7. The summed E-state index contributed by atoms with van der Waals surface area (Å²) < 4.78 is 7.77. The van der Waals surface area contributed by atoms with Crippen molar-refractivity contribution in [3.8, 4) is 6.07 Å². The number of hydrogen-bond donors (Lipinski definition) is 0. The summed E-state index contributed by atoms with van der Waals surface area (Å²) in [7, 11) is 0. The molecule has 1 aromatic heterocycles. The molecule has 1 aliphatic carbocycles. The van der Waals surface area contributed by atoms with Crippen molar-refractivity contribution in [3.63, 3.8) is 0 Å². The lowest BCUT2D eigenvalue weighted by Crippen LogP contribution is -2.36. The molecule has 0 unspecified atom stereocenters. The minimum atomic E-state index is 0.618. The number of aromatic nitrogens is 3. The highest BCUT2D eigenvalue weighted by Gasteiger charge is 2.26. The SMILES string of the molecule is N#C/C(=C\C1=C(N2CCOCC2)C(=C/c2ccccc2)/CC1)c1nnc2n1CCCCC2. The third-order valence-corrected chi connectivity index (χ3v) is 6.53. The van der Waals surface area contributed by atoms with Crippen LogP contribution in [0.3, 0.4) is 0 Å². The van der Waals surface area contributed by atoms with Gasteiger partial charge in [-0.1, -0.05) is 36.8 Å². The molecule has 1 saturated heterocycles. The van der Waals surface area contributed by atoms with E-state index in [-0.39, 0.29) is 0 Å². The molecular weight excluding hydrogens is 398 g/mol. The molecule has 6 heteroatoms. The van der Waals surface area contributed by atoms with Crippen molar-refractivity contribution in [2.45, 2.75) is 45.1 Å². The van der Waals surface area contributed by atoms with E-state index < -0.39 is 0 Å². The van der Waals surface area contributed by atoms with Gasteiger partial charge in [0, 0.05) is 31.8 Å². The molecule has 1 aromatic carbocycles. The zero-order valence-electron chi connectivity index (χ0n) is 18.5. The molecule has 0 amide bonds. The van der Waals surface area contributed by atoms with E-state index in [2.05, 4.69) is 62.2 Å². The van der Waals surface area contributed by atoms with Gasteiger partial charge in [0.2, 0.25) is 0 Å². The van der Waals surface area contributed by atoms with Crippen LogP contribution in [0.15, 0.2) is 53.3 Å². The fraction of sp³-hybridized carbons (Fsp3) is 0.423. The van der Waals surface area contributed by atoms with Gasteiger partial charge >= 0.3 is 0 Å². The molecule has 1 fully saturated rings. The number of aryl methyl sites for hydroxylation is 1. The number of rotatable bonds is 4. The Balaban J connectivity index is 1.56. The summed E-state index contributed by atoms with van der Waals surface area (Å²) in [5.74, 6) is 1.73. The molecule has 3 heterocycles. The van der Waals surface area contributed by atoms with E-state index in [0.29, 0.717) is 5.57 Å². The monoisotopic (exact) mass is 427 g/mol. The van der Waals surface area contributed by atoms with Gasteiger partial charge in [0.25, 0.3) is 0 Å². The maximum Gasteiger partial charge on any atom is 0.174 e. The van der Waals surface area contributed by atoms with Crippen LogP contribution in [0.25, 0.3) is 11.6 Å². The Bertz CT molecular complexity index is 1100. The second-order valence-electron chi connectivity index (χ2n) is 8.63. The quantitative estimate of drug-likeness (QED) is 0.678. The van der Waals surface area contributed by atoms with Gasteiger partial charge in [0.15, 0.2) is 5.82 Å². The first-order valence-electron chi connectivity index (χ1n) is 11.7. The number of ether oxygens (including phenoxy) is 1. The highest BCUT2D eigenvalue weighted by atomic mass is 16.5. The van der Waals surface area contributed by atoms with E-state index in [9.17, 15) is 5.26 Å². The molecule has 0 bridgehead atoms. The summed E-state index contributed by atoms with van der Waals surface area (Å²) in [5, 5.41) is 18.9. The minimum absolute atomic E-state index is 0.618. The van der Waals surface area contributed by atoms with Crippen LogP contribution in [0, 0.1) is 11.3 Å². The Morgan fingerprint density at radius 3 is 2.62 bits per heavy atom. The first-order chi connectivity index (χ1) is 15.8. The zero-order valence-corrected chi connectivity index (χ0v) is 18.5. The highest BCUT2D eigenvalue weighted by Crippen LogP contribution is 2.37. The van der Waals surface area contributed by atoms with Crippen molar-refractivity contribution in [2.75, 3.05) is 26.3 Å². The highest BCUT2D eigenvalue weighted by molar-refractivity contribution is 5.76. The average Bonchev–Trinajstić information content (AvgIpc) is 3.34. The maximum absolute atomic E-state index is 10.1. The predicted molar refractivity (Wildman–Crippen MR) is 124 cm³/mol. The van der Waals surface area contributed by atoms with Crippen LogP contribution in [-0.2, 0) is 17.7 Å². The van der Waals surface area contributed by atoms with Crippen LogP contribution in [-0.4, -0.2) is 46.0 Å². The molecule has 5 rings (SSSR count). The van der Waals surface area contributed by atoms with Gasteiger partial charge in [-0.15, -0.1) is 10.2 Å². The van der Waals surface area contributed by atoms with Crippen molar-refractivity contribution in [1.29, 1.82) is 5.26 Å². The van der Waals surface area contributed by atoms with Crippen molar-refractivity contribution in [3.05, 3.63) is 70.5 Å². The van der Waals surface area contributed by atoms with Crippen molar-refractivity contribution < 1.29 is 4.74 Å². The van der Waals surface area contributed by atoms with E-state index in [1.165, 1.54) is 28.8 Å². The Hall–Kier alpha value is -3.17. The van der Waals surface area contributed by atoms with Crippen LogP contribution in [0.4, 0.5) is 0 Å². The third-order valence-electron chi connectivity index (χ3n) is 6.53. The van der Waals surface area contributed by atoms with Crippen LogP contribution in [0.2, 0.25) is 0 Å². The molecule has 2 aromatic rings. The van der Waals surface area contributed by atoms with E-state index in [1.54, 1.807) is 0 Å². The van der Waals surface area contributed by atoms with Gasteiger partial charge in [-0.05, 0) is 54.5 Å². The number of nitriles is 1. The smallest absolute Gasteiger partial charge is 0.174 e. The largest absolute Gasteiger partial charge is 0.378 e. The summed E-state index contributed by atoms with van der Waals surface area (Å²) in [6, 6.07) is 12.9. The molecule has 2 aliphatic heterocycles. The van der Waals surface area contributed by atoms with Gasteiger partial charge < -0.3 is 14.2 Å². The Labute approximate surface area is 189 Å². The van der Waals surface area contributed by atoms with E-state index in [1.807, 2.05) is 6.07 Å². The topological polar surface area (TPSA) is 67.0 Å². The normalized spacial score (nSPS) is 20.9. The molecule has 0 atom stereocenters. The number of nitrogens with zero attached hydrogens (tertiary/aromatic N) is 5. The number of hydrogen-bond acceptors (Lipinski definition) is 5. The lowest BCUT2D eigenvalue weighted by Gasteiger charge is -2.31. The second-order valence-corrected chi connectivity index (χ2v) is 8.63. The van der Waals surface area contributed by atoms with Crippen LogP contribution < -0.4 is 0 Å². The fourth-order valence-electron chi connectivity index (χ4n) is 4.94. The maximum atomic E-state index is 10.1. The standard InChI is InChI=1S/C26H29N5O/c27-19-23(26-29-28-24-9-5-2-6-12-31(24)26)18-22-11-10-21(17-20-7-3-1-4-8-20)25(22)30-13-15-32-16-14-30/h1,3-4,7-8,17-18H,2,5-6,9-16H2/b21-17+,23-18+. The molecule has 3 aliphatic rings. The van der Waals surface area contributed by atoms with Gasteiger partial charge in [-0.3, -0.25) is 0 Å². The molecule has 6 nitrogen and oxygen atoms in total. The Kier molecular flexibility index (Phi) is 6.17. The molecular formula is C26H29N5O. The Morgan fingerprint density at radius 2 is 1.81 bits per heavy atom. The van der Waals surface area contributed by atoms with Gasteiger partial charge in [-0.2, -0.15) is 5.26 Å². The summed E-state index contributed by atoms with van der Waals surface area (Å²) in [5.41, 5.74) is 5.65. The molecule has 164 valence electrons. The van der Waals surface area contributed by atoms with Crippen molar-refractivity contribution in [2.24, 2.45) is 0 Å². The molecule has 0 radical (unpaired) electrons. The number of morpholine rings is 1. The fourth-order valence-corrected chi connectivity index (χ4v) is 4.94. The van der Waals surface area contributed by atoms with Crippen LogP contribution >= 0.6 is 0 Å². The number of allylic oxidation sites excluding steroid dienone is 4. The zero-order chi connectivity index (χ0) is 21.8. The average molecular weight is 428 g/mol. The van der Waals surface area contributed by atoms with E-state index in [0.717, 1.165) is 76.6 Å². The van der Waals surface area contributed by atoms with Crippen molar-refractivity contribution in [1.82, 2.24) is 19.7 Å². The van der Waals surface area contributed by atoms with E-state index >= 15 is 0 Å². The van der Waals surface area contributed by atoms with Crippen molar-refractivity contribution >= 4 is 11.6 Å². The van der Waals surface area contributed by atoms with Crippen LogP contribution in [0.1, 0.15) is 49.3 Å². The summed E-state index contributed by atoms with van der Waals surface area (Å²) in [4.78, 5) is 2.43. The Morgan fingerprint density at radius 1 is 0.969 bits per heavy atom.